The molecule has 2 amide bonds. The smallest absolute Gasteiger partial charge is 0.269 e. The van der Waals surface area contributed by atoms with Crippen LogP contribution >= 0.6 is 22.9 Å². The van der Waals surface area contributed by atoms with Crippen LogP contribution in [0.3, 0.4) is 0 Å². The first-order valence-corrected chi connectivity index (χ1v) is 12.0. The number of nitro benzene ring substituents is 1. The lowest BCUT2D eigenvalue weighted by molar-refractivity contribution is -0.384. The van der Waals surface area contributed by atoms with Crippen molar-refractivity contribution in [3.8, 4) is 0 Å². The molecule has 0 bridgehead atoms. The van der Waals surface area contributed by atoms with Gasteiger partial charge in [0.15, 0.2) is 5.13 Å². The third kappa shape index (κ3) is 4.73. The van der Waals surface area contributed by atoms with Crippen molar-refractivity contribution in [2.24, 2.45) is 5.92 Å². The zero-order valence-corrected chi connectivity index (χ0v) is 20.0. The van der Waals surface area contributed by atoms with E-state index >= 15 is 0 Å². The molecule has 1 aliphatic rings. The minimum absolute atomic E-state index is 0.0178. The third-order valence-electron chi connectivity index (χ3n) is 5.98. The molecule has 0 saturated heterocycles. The van der Waals surface area contributed by atoms with Gasteiger partial charge < -0.3 is 10.6 Å². The Morgan fingerprint density at radius 1 is 1.11 bits per heavy atom. The normalized spacial score (nSPS) is 16.6. The van der Waals surface area contributed by atoms with Gasteiger partial charge in [0.1, 0.15) is 0 Å². The van der Waals surface area contributed by atoms with E-state index in [4.69, 9.17) is 11.6 Å². The van der Waals surface area contributed by atoms with Gasteiger partial charge in [-0.1, -0.05) is 47.2 Å². The standard InChI is InChI=1S/C25H19ClN4O4S/c1-13-4-2-7-19(26)22(13)28-23(31)15-8-9-20-21(11-15)35-25(27-20)29-24(32)18-12-17(18)14-5-3-6-16(10-14)30(33)34/h2-11,17-18H,12H2,1H3,(H,28,31)(H,27,29,32)/t17-,18+/m0/s1. The zero-order chi connectivity index (χ0) is 24.7. The van der Waals surface area contributed by atoms with E-state index in [0.717, 1.165) is 15.8 Å². The van der Waals surface area contributed by atoms with Gasteiger partial charge in [-0.05, 0) is 54.7 Å². The minimum atomic E-state index is -0.438. The lowest BCUT2D eigenvalue weighted by atomic mass is 10.1. The van der Waals surface area contributed by atoms with Crippen LogP contribution in [0, 0.1) is 23.0 Å². The van der Waals surface area contributed by atoms with E-state index in [1.54, 1.807) is 36.4 Å². The number of hydrogen-bond donors (Lipinski definition) is 2. The number of non-ortho nitro benzene ring substituents is 1. The third-order valence-corrected chi connectivity index (χ3v) is 7.23. The average molecular weight is 507 g/mol. The predicted octanol–water partition coefficient (Wildman–Crippen LogP) is 6.16. The molecule has 2 atom stereocenters. The van der Waals surface area contributed by atoms with E-state index < -0.39 is 4.92 Å². The van der Waals surface area contributed by atoms with Gasteiger partial charge in [-0.25, -0.2) is 4.98 Å². The van der Waals surface area contributed by atoms with Crippen LogP contribution in [-0.4, -0.2) is 21.7 Å². The van der Waals surface area contributed by atoms with Crippen LogP contribution in [0.5, 0.6) is 0 Å². The number of rotatable bonds is 6. The number of carbonyl (C=O) groups excluding carboxylic acids is 2. The SMILES string of the molecule is Cc1cccc(Cl)c1NC(=O)c1ccc2nc(NC(=O)[C@@H]3C[C@H]3c3cccc([N+](=O)[O-])c3)sc2c1. The average Bonchev–Trinajstić information content (AvgIpc) is 3.54. The summed E-state index contributed by atoms with van der Waals surface area (Å²) >= 11 is 7.50. The summed E-state index contributed by atoms with van der Waals surface area (Å²) in [5, 5.41) is 17.6. The number of nitro groups is 1. The summed E-state index contributed by atoms with van der Waals surface area (Å²) in [6.07, 6.45) is 0.629. The second-order valence-corrected chi connectivity index (χ2v) is 9.82. The Labute approximate surface area is 209 Å². The zero-order valence-electron chi connectivity index (χ0n) is 18.4. The molecule has 1 heterocycles. The van der Waals surface area contributed by atoms with Crippen LogP contribution in [0.15, 0.2) is 60.7 Å². The Morgan fingerprint density at radius 3 is 2.69 bits per heavy atom. The van der Waals surface area contributed by atoms with Crippen LogP contribution in [-0.2, 0) is 4.79 Å². The molecule has 8 nitrogen and oxygen atoms in total. The number of hydrogen-bond acceptors (Lipinski definition) is 6. The van der Waals surface area contributed by atoms with Crippen molar-refractivity contribution in [2.75, 3.05) is 10.6 Å². The molecule has 1 aliphatic carbocycles. The molecule has 0 spiro atoms. The van der Waals surface area contributed by atoms with E-state index in [9.17, 15) is 19.7 Å². The van der Waals surface area contributed by atoms with Crippen LogP contribution in [0.25, 0.3) is 10.2 Å². The van der Waals surface area contributed by atoms with Crippen molar-refractivity contribution in [1.29, 1.82) is 0 Å². The van der Waals surface area contributed by atoms with Crippen LogP contribution in [0.1, 0.15) is 33.8 Å². The number of para-hydroxylation sites is 1. The summed E-state index contributed by atoms with van der Waals surface area (Å²) in [5.74, 6) is -0.773. The fourth-order valence-corrected chi connectivity index (χ4v) is 5.19. The summed E-state index contributed by atoms with van der Waals surface area (Å²) in [4.78, 5) is 40.6. The van der Waals surface area contributed by atoms with Gasteiger partial charge in [0, 0.05) is 23.6 Å². The number of benzene rings is 3. The first kappa shape index (κ1) is 22.9. The first-order chi connectivity index (χ1) is 16.8. The predicted molar refractivity (Wildman–Crippen MR) is 136 cm³/mol. The maximum absolute atomic E-state index is 12.8. The Balaban J connectivity index is 1.27. The lowest BCUT2D eigenvalue weighted by Gasteiger charge is -2.10. The highest BCUT2D eigenvalue weighted by molar-refractivity contribution is 7.22. The first-order valence-electron chi connectivity index (χ1n) is 10.8. The topological polar surface area (TPSA) is 114 Å². The number of fused-ring (bicyclic) bond motifs is 1. The summed E-state index contributed by atoms with van der Waals surface area (Å²) < 4.78 is 0.759. The van der Waals surface area contributed by atoms with Gasteiger partial charge in [0.25, 0.3) is 11.6 Å². The highest BCUT2D eigenvalue weighted by Crippen LogP contribution is 2.48. The van der Waals surface area contributed by atoms with Gasteiger partial charge in [-0.15, -0.1) is 0 Å². The fraction of sp³-hybridized carbons (Fsp3) is 0.160. The molecule has 176 valence electrons. The minimum Gasteiger partial charge on any atom is -0.320 e. The van der Waals surface area contributed by atoms with Crippen molar-refractivity contribution >= 4 is 61.5 Å². The van der Waals surface area contributed by atoms with E-state index in [-0.39, 0.29) is 29.3 Å². The fourth-order valence-electron chi connectivity index (χ4n) is 4.02. The molecule has 1 saturated carbocycles. The molecule has 0 aliphatic heterocycles. The monoisotopic (exact) mass is 506 g/mol. The van der Waals surface area contributed by atoms with Gasteiger partial charge in [0.2, 0.25) is 5.91 Å². The van der Waals surface area contributed by atoms with Gasteiger partial charge in [-0.2, -0.15) is 0 Å². The number of nitrogens with one attached hydrogen (secondary N) is 2. The molecule has 5 rings (SSSR count). The van der Waals surface area contributed by atoms with Gasteiger partial charge in [-0.3, -0.25) is 19.7 Å². The summed E-state index contributed by atoms with van der Waals surface area (Å²) in [5.41, 5.74) is 3.35. The van der Waals surface area contributed by atoms with Crippen LogP contribution in [0.2, 0.25) is 5.02 Å². The second-order valence-electron chi connectivity index (χ2n) is 8.38. The molecule has 1 fully saturated rings. The molecule has 1 aromatic heterocycles. The van der Waals surface area contributed by atoms with Crippen molar-refractivity contribution in [1.82, 2.24) is 4.98 Å². The lowest BCUT2D eigenvalue weighted by Crippen LogP contribution is -2.14. The number of aryl methyl sites for hydroxylation is 1. The number of amides is 2. The van der Waals surface area contributed by atoms with Crippen molar-refractivity contribution in [3.05, 3.63) is 92.5 Å². The van der Waals surface area contributed by atoms with Crippen molar-refractivity contribution in [3.63, 3.8) is 0 Å². The number of anilines is 2. The molecule has 35 heavy (non-hydrogen) atoms. The van der Waals surface area contributed by atoms with Crippen LogP contribution < -0.4 is 10.6 Å². The maximum Gasteiger partial charge on any atom is 0.269 e. The Morgan fingerprint density at radius 2 is 1.91 bits per heavy atom. The molecule has 10 heteroatoms. The van der Waals surface area contributed by atoms with E-state index in [1.807, 2.05) is 19.1 Å². The van der Waals surface area contributed by atoms with E-state index in [0.29, 0.717) is 33.3 Å². The molecule has 0 radical (unpaired) electrons. The molecule has 2 N–H and O–H groups in total. The number of thiazole rings is 1. The Hall–Kier alpha value is -3.82. The summed E-state index contributed by atoms with van der Waals surface area (Å²) in [6.45, 7) is 1.87. The van der Waals surface area contributed by atoms with Crippen molar-refractivity contribution in [2.45, 2.75) is 19.3 Å². The number of halogens is 1. The van der Waals surface area contributed by atoms with Gasteiger partial charge >= 0.3 is 0 Å². The Kier molecular flexibility index (Phi) is 5.96. The highest BCUT2D eigenvalue weighted by Gasteiger charge is 2.44. The van der Waals surface area contributed by atoms with E-state index in [2.05, 4.69) is 15.6 Å². The largest absolute Gasteiger partial charge is 0.320 e. The number of carbonyl (C=O) groups is 2. The molecule has 3 aromatic carbocycles. The van der Waals surface area contributed by atoms with Crippen molar-refractivity contribution < 1.29 is 14.5 Å². The maximum atomic E-state index is 12.8. The molecule has 4 aromatic rings. The van der Waals surface area contributed by atoms with E-state index in [1.165, 1.54) is 23.5 Å². The molecular weight excluding hydrogens is 488 g/mol. The quantitative estimate of drug-likeness (QED) is 0.240. The van der Waals surface area contributed by atoms with Gasteiger partial charge in [0.05, 0.1) is 25.8 Å². The summed E-state index contributed by atoms with van der Waals surface area (Å²) in [6, 6.07) is 16.9. The number of nitrogens with zero attached hydrogens (tertiary/aromatic N) is 2. The molecule has 0 unspecified atom stereocenters. The van der Waals surface area contributed by atoms with Crippen LogP contribution in [0.4, 0.5) is 16.5 Å². The summed E-state index contributed by atoms with van der Waals surface area (Å²) in [7, 11) is 0. The second kappa shape index (κ2) is 9.09. The molecular formula is C25H19ClN4O4S. The number of aromatic nitrogens is 1. The highest BCUT2D eigenvalue weighted by atomic mass is 35.5. The Bertz CT molecular complexity index is 1480.